The first-order valence-corrected chi connectivity index (χ1v) is 10.3. The largest absolute Gasteiger partial charge is 0.487 e. The zero-order valence-corrected chi connectivity index (χ0v) is 17.7. The van der Waals surface area contributed by atoms with Gasteiger partial charge in [-0.25, -0.2) is 0 Å². The number of oxime groups is 1. The number of benzene rings is 3. The van der Waals surface area contributed by atoms with Gasteiger partial charge in [0.1, 0.15) is 25.2 Å². The topological polar surface area (TPSA) is 68.1 Å². The predicted molar refractivity (Wildman–Crippen MR) is 122 cm³/mol. The molecule has 0 atom stereocenters. The van der Waals surface area contributed by atoms with Crippen molar-refractivity contribution in [2.24, 2.45) is 5.16 Å². The van der Waals surface area contributed by atoms with Crippen LogP contribution in [0.1, 0.15) is 28.7 Å². The van der Waals surface area contributed by atoms with Crippen LogP contribution in [-0.2, 0) is 28.9 Å². The van der Waals surface area contributed by atoms with Crippen molar-refractivity contribution in [3.63, 3.8) is 0 Å². The smallest absolute Gasteiger partial charge is 0.303 e. The summed E-state index contributed by atoms with van der Waals surface area (Å²) in [5, 5.41) is 12.9. The minimum Gasteiger partial charge on any atom is -0.487 e. The van der Waals surface area contributed by atoms with Gasteiger partial charge in [-0.2, -0.15) is 0 Å². The molecule has 0 amide bonds. The number of carbonyl (C=O) groups is 1. The fourth-order valence-electron chi connectivity index (χ4n) is 3.26. The van der Waals surface area contributed by atoms with Crippen LogP contribution in [0.3, 0.4) is 0 Å². The highest BCUT2D eigenvalue weighted by atomic mass is 16.6. The lowest BCUT2D eigenvalue weighted by Crippen LogP contribution is -2.13. The maximum absolute atomic E-state index is 10.7. The minimum absolute atomic E-state index is 0.160. The molecule has 0 unspecified atom stereocenters. The second-order valence-electron chi connectivity index (χ2n) is 7.23. The van der Waals surface area contributed by atoms with Crippen molar-refractivity contribution in [2.45, 2.75) is 25.7 Å². The van der Waals surface area contributed by atoms with E-state index in [1.54, 1.807) is 0 Å². The van der Waals surface area contributed by atoms with E-state index < -0.39 is 5.97 Å². The van der Waals surface area contributed by atoms with Crippen molar-refractivity contribution in [3.05, 3.63) is 101 Å². The molecule has 0 heterocycles. The number of carboxylic acid groups (broad SMARTS) is 1. The highest BCUT2D eigenvalue weighted by Gasteiger charge is 2.07. The van der Waals surface area contributed by atoms with Crippen LogP contribution in [0.25, 0.3) is 0 Å². The number of carboxylic acids is 1. The van der Waals surface area contributed by atoms with Gasteiger partial charge in [-0.1, -0.05) is 71.9 Å². The molecule has 1 N–H and O–H groups in total. The van der Waals surface area contributed by atoms with Crippen molar-refractivity contribution < 1.29 is 19.5 Å². The molecule has 0 aromatic heterocycles. The van der Waals surface area contributed by atoms with E-state index in [4.69, 9.17) is 14.7 Å². The van der Waals surface area contributed by atoms with Crippen LogP contribution in [0.5, 0.6) is 5.75 Å². The molecule has 5 heteroatoms. The first-order valence-electron chi connectivity index (χ1n) is 10.3. The Bertz CT molecular complexity index is 997. The lowest BCUT2D eigenvalue weighted by molar-refractivity contribution is -0.136. The number of aryl methyl sites for hydroxylation is 3. The van der Waals surface area contributed by atoms with Gasteiger partial charge in [0, 0.05) is 12.0 Å². The number of nitrogens with zero attached hydrogens (tertiary/aromatic N) is 1. The molecule has 3 aromatic carbocycles. The van der Waals surface area contributed by atoms with Crippen LogP contribution in [-0.4, -0.2) is 30.5 Å². The highest BCUT2D eigenvalue weighted by Crippen LogP contribution is 2.17. The maximum atomic E-state index is 10.7. The molecule has 0 bridgehead atoms. The molecule has 3 aromatic rings. The van der Waals surface area contributed by atoms with E-state index in [-0.39, 0.29) is 6.42 Å². The number of aliphatic carboxylic acids is 1. The van der Waals surface area contributed by atoms with E-state index in [9.17, 15) is 4.79 Å². The second kappa shape index (κ2) is 11.6. The molecule has 160 valence electrons. The molecular formula is C26H27NO4. The minimum atomic E-state index is -0.768. The predicted octanol–water partition coefficient (Wildman–Crippen LogP) is 4.92. The molecule has 0 radical (unpaired) electrons. The number of hydrogen-bond donors (Lipinski definition) is 1. The maximum Gasteiger partial charge on any atom is 0.303 e. The molecule has 0 fully saturated rings. The van der Waals surface area contributed by atoms with Crippen molar-refractivity contribution in [2.75, 3.05) is 13.7 Å². The van der Waals surface area contributed by atoms with Gasteiger partial charge >= 0.3 is 5.97 Å². The quantitative estimate of drug-likeness (QED) is 0.355. The van der Waals surface area contributed by atoms with Gasteiger partial charge in [-0.15, -0.1) is 0 Å². The summed E-state index contributed by atoms with van der Waals surface area (Å²) in [6, 6.07) is 26.1. The van der Waals surface area contributed by atoms with Crippen LogP contribution >= 0.6 is 0 Å². The standard InChI is InChI=1S/C26H27NO4/c1-30-27-25(23-7-3-2-4-8-23)19-31-24-9-5-6-22(18-24)15-14-20-10-12-21(13-11-20)16-17-26(28)29/h2-13,18H,14-17,19H2,1H3,(H,28,29)/b27-25+. The van der Waals surface area contributed by atoms with E-state index in [0.717, 1.165) is 35.4 Å². The molecule has 3 rings (SSSR count). The van der Waals surface area contributed by atoms with Crippen molar-refractivity contribution in [1.82, 2.24) is 0 Å². The Labute approximate surface area is 182 Å². The normalized spacial score (nSPS) is 11.2. The zero-order chi connectivity index (χ0) is 21.9. The van der Waals surface area contributed by atoms with Gasteiger partial charge < -0.3 is 14.7 Å². The second-order valence-corrected chi connectivity index (χ2v) is 7.23. The number of hydrogen-bond acceptors (Lipinski definition) is 4. The van der Waals surface area contributed by atoms with Crippen LogP contribution in [0.2, 0.25) is 0 Å². The molecular weight excluding hydrogens is 390 g/mol. The molecule has 0 saturated carbocycles. The molecule has 0 aliphatic heterocycles. The van der Waals surface area contributed by atoms with Crippen molar-refractivity contribution in [3.8, 4) is 5.75 Å². The Morgan fingerprint density at radius 3 is 2.19 bits per heavy atom. The van der Waals surface area contributed by atoms with E-state index in [1.165, 1.54) is 18.2 Å². The third kappa shape index (κ3) is 7.30. The molecule has 0 saturated heterocycles. The van der Waals surface area contributed by atoms with Crippen LogP contribution in [0, 0.1) is 0 Å². The summed E-state index contributed by atoms with van der Waals surface area (Å²) in [6.45, 7) is 0.319. The summed E-state index contributed by atoms with van der Waals surface area (Å²) in [5.41, 5.74) is 5.17. The van der Waals surface area contributed by atoms with Crippen LogP contribution < -0.4 is 4.74 Å². The first-order chi connectivity index (χ1) is 15.1. The van der Waals surface area contributed by atoms with Crippen molar-refractivity contribution in [1.29, 1.82) is 0 Å². The summed E-state index contributed by atoms with van der Waals surface area (Å²) in [5.74, 6) is 0.0248. The lowest BCUT2D eigenvalue weighted by Gasteiger charge is -2.10. The SMILES string of the molecule is CO/N=C(\COc1cccc(CCc2ccc(CCC(=O)O)cc2)c1)c1ccccc1. The summed E-state index contributed by atoms with van der Waals surface area (Å²) in [6.07, 6.45) is 2.52. The van der Waals surface area contributed by atoms with Crippen LogP contribution in [0.4, 0.5) is 0 Å². The molecule has 0 spiro atoms. The first kappa shape index (κ1) is 22.1. The van der Waals surface area contributed by atoms with E-state index in [1.807, 2.05) is 54.6 Å². The summed E-state index contributed by atoms with van der Waals surface area (Å²) in [4.78, 5) is 15.7. The Balaban J connectivity index is 1.55. The van der Waals surface area contributed by atoms with E-state index in [2.05, 4.69) is 29.4 Å². The van der Waals surface area contributed by atoms with E-state index >= 15 is 0 Å². The third-order valence-corrected chi connectivity index (χ3v) is 4.94. The number of ether oxygens (including phenoxy) is 1. The average molecular weight is 418 g/mol. The molecule has 5 nitrogen and oxygen atoms in total. The lowest BCUT2D eigenvalue weighted by atomic mass is 10.0. The Morgan fingerprint density at radius 1 is 0.839 bits per heavy atom. The van der Waals surface area contributed by atoms with Gasteiger partial charge in [0.15, 0.2) is 0 Å². The van der Waals surface area contributed by atoms with Gasteiger partial charge in [-0.05, 0) is 48.1 Å². The van der Waals surface area contributed by atoms with E-state index in [0.29, 0.717) is 13.0 Å². The highest BCUT2D eigenvalue weighted by molar-refractivity contribution is 6.01. The molecule has 0 aliphatic rings. The monoisotopic (exact) mass is 417 g/mol. The summed E-state index contributed by atoms with van der Waals surface area (Å²) >= 11 is 0. The van der Waals surface area contributed by atoms with Gasteiger partial charge in [-0.3, -0.25) is 4.79 Å². The van der Waals surface area contributed by atoms with Gasteiger partial charge in [0.05, 0.1) is 0 Å². The Hall–Kier alpha value is -3.60. The van der Waals surface area contributed by atoms with Gasteiger partial charge in [0.2, 0.25) is 0 Å². The van der Waals surface area contributed by atoms with Crippen molar-refractivity contribution >= 4 is 11.7 Å². The van der Waals surface area contributed by atoms with Gasteiger partial charge in [0.25, 0.3) is 0 Å². The fourth-order valence-corrected chi connectivity index (χ4v) is 3.26. The fraction of sp³-hybridized carbons (Fsp3) is 0.231. The Kier molecular flexibility index (Phi) is 8.23. The zero-order valence-electron chi connectivity index (χ0n) is 17.7. The third-order valence-electron chi connectivity index (χ3n) is 4.94. The average Bonchev–Trinajstić information content (AvgIpc) is 2.80. The Morgan fingerprint density at radius 2 is 1.52 bits per heavy atom. The summed E-state index contributed by atoms with van der Waals surface area (Å²) < 4.78 is 5.97. The number of rotatable bonds is 11. The summed E-state index contributed by atoms with van der Waals surface area (Å²) in [7, 11) is 1.53. The molecule has 0 aliphatic carbocycles. The van der Waals surface area contributed by atoms with Crippen LogP contribution in [0.15, 0.2) is 84.0 Å². The molecule has 31 heavy (non-hydrogen) atoms.